The molecule has 0 bridgehead atoms. The first-order chi connectivity index (χ1) is 16.3. The number of rotatable bonds is 7. The normalized spacial score (nSPS) is 11.5. The Kier molecular flexibility index (Phi) is 6.44. The predicted octanol–water partition coefficient (Wildman–Crippen LogP) is 4.42. The molecule has 1 aromatic carbocycles. The average molecular weight is 499 g/mol. The van der Waals surface area contributed by atoms with E-state index in [2.05, 4.69) is 25.8 Å². The number of nitrogens with zero attached hydrogens (tertiary/aromatic N) is 4. The molecule has 172 valence electrons. The summed E-state index contributed by atoms with van der Waals surface area (Å²) in [5, 5.41) is 22.7. The van der Waals surface area contributed by atoms with Gasteiger partial charge in [0.25, 0.3) is 5.91 Å². The minimum Gasteiger partial charge on any atom is -0.364 e. The number of amides is 1. The molecule has 1 amide bonds. The first kappa shape index (κ1) is 23.1. The Bertz CT molecular complexity index is 1430. The first-order valence-corrected chi connectivity index (χ1v) is 10.5. The Labute approximate surface area is 202 Å². The average Bonchev–Trinajstić information content (AvgIpc) is 3.25. The third-order valence-corrected chi connectivity index (χ3v) is 5.49. The van der Waals surface area contributed by atoms with Crippen molar-refractivity contribution >= 4 is 51.8 Å². The number of nitrogens with one attached hydrogen (secondary N) is 3. The zero-order valence-electron chi connectivity index (χ0n) is 17.6. The third-order valence-electron chi connectivity index (χ3n) is 4.86. The molecule has 0 radical (unpaired) electrons. The molecular weight excluding hydrogens is 482 g/mol. The van der Waals surface area contributed by atoms with Gasteiger partial charge >= 0.3 is 0 Å². The molecule has 0 fully saturated rings. The molecule has 5 N–H and O–H groups in total. The Morgan fingerprint density at radius 1 is 1.15 bits per heavy atom. The minimum atomic E-state index is -0.942. The number of para-hydroxylation sites is 1. The number of aryl methyl sites for hydroxylation is 1. The van der Waals surface area contributed by atoms with Crippen molar-refractivity contribution in [3.8, 4) is 11.5 Å². The minimum absolute atomic E-state index is 0.0591. The Balaban J connectivity index is 1.63. The maximum atomic E-state index is 14.0. The van der Waals surface area contributed by atoms with Gasteiger partial charge in [-0.05, 0) is 43.3 Å². The summed E-state index contributed by atoms with van der Waals surface area (Å²) in [5.41, 5.74) is 7.02. The fourth-order valence-electron chi connectivity index (χ4n) is 3.12. The maximum absolute atomic E-state index is 14.0. The molecule has 3 heterocycles. The standard InChI is InChI=1S/C22H17Cl2FN8O/c1-11-15(25)6-8-18-31-32-22(33(11)18)16-7-5-12(9-28-16)30-17(19(26)21(27)34)10-29-20-13(23)3-2-4-14(20)24/h2-10,26,29-30H,1H3,(H2,27,34)/b17-10+,26-19?. The highest BCUT2D eigenvalue weighted by Crippen LogP contribution is 2.30. The molecule has 4 aromatic rings. The van der Waals surface area contributed by atoms with Crippen molar-refractivity contribution in [2.24, 2.45) is 5.73 Å². The molecule has 0 saturated carbocycles. The summed E-state index contributed by atoms with van der Waals surface area (Å²) in [4.78, 5) is 16.0. The van der Waals surface area contributed by atoms with Gasteiger partial charge in [0.05, 0.1) is 39.0 Å². The van der Waals surface area contributed by atoms with E-state index in [0.29, 0.717) is 44.3 Å². The lowest BCUT2D eigenvalue weighted by Crippen LogP contribution is -2.27. The summed E-state index contributed by atoms with van der Waals surface area (Å²) in [6, 6.07) is 11.1. The van der Waals surface area contributed by atoms with E-state index in [0.717, 1.165) is 0 Å². The van der Waals surface area contributed by atoms with Crippen LogP contribution in [0, 0.1) is 18.2 Å². The van der Waals surface area contributed by atoms with Crippen LogP contribution in [0.1, 0.15) is 5.69 Å². The number of nitrogens with two attached hydrogens (primary N) is 1. The number of pyridine rings is 2. The number of hydrogen-bond donors (Lipinski definition) is 4. The quantitative estimate of drug-likeness (QED) is 0.278. The van der Waals surface area contributed by atoms with Gasteiger partial charge in [-0.15, -0.1) is 10.2 Å². The predicted molar refractivity (Wildman–Crippen MR) is 130 cm³/mol. The molecule has 0 saturated heterocycles. The fraction of sp³-hybridized carbons (Fsp3) is 0.0455. The van der Waals surface area contributed by atoms with Crippen LogP contribution in [0.4, 0.5) is 15.8 Å². The molecule has 0 atom stereocenters. The van der Waals surface area contributed by atoms with Crippen molar-refractivity contribution < 1.29 is 9.18 Å². The Morgan fingerprint density at radius 2 is 1.88 bits per heavy atom. The van der Waals surface area contributed by atoms with Crippen molar-refractivity contribution in [2.45, 2.75) is 6.92 Å². The number of primary amides is 1. The molecule has 3 aromatic heterocycles. The second-order valence-electron chi connectivity index (χ2n) is 7.08. The van der Waals surface area contributed by atoms with E-state index in [-0.39, 0.29) is 5.70 Å². The topological polar surface area (TPSA) is 134 Å². The maximum Gasteiger partial charge on any atom is 0.268 e. The van der Waals surface area contributed by atoms with Crippen LogP contribution in [-0.4, -0.2) is 31.2 Å². The van der Waals surface area contributed by atoms with Crippen molar-refractivity contribution in [1.29, 1.82) is 5.41 Å². The van der Waals surface area contributed by atoms with Gasteiger partial charge < -0.3 is 16.4 Å². The zero-order valence-corrected chi connectivity index (χ0v) is 19.1. The monoisotopic (exact) mass is 498 g/mol. The van der Waals surface area contributed by atoms with Crippen LogP contribution in [-0.2, 0) is 4.79 Å². The summed E-state index contributed by atoms with van der Waals surface area (Å²) >= 11 is 12.3. The first-order valence-electron chi connectivity index (χ1n) is 9.79. The zero-order chi connectivity index (χ0) is 24.4. The van der Waals surface area contributed by atoms with Crippen LogP contribution in [0.25, 0.3) is 17.2 Å². The van der Waals surface area contributed by atoms with Crippen LogP contribution in [0.15, 0.2) is 60.6 Å². The van der Waals surface area contributed by atoms with Crippen molar-refractivity contribution in [2.75, 3.05) is 10.6 Å². The summed E-state index contributed by atoms with van der Waals surface area (Å²) in [7, 11) is 0. The van der Waals surface area contributed by atoms with E-state index >= 15 is 0 Å². The molecule has 12 heteroatoms. The van der Waals surface area contributed by atoms with Gasteiger partial charge in [0.15, 0.2) is 11.5 Å². The van der Waals surface area contributed by atoms with Gasteiger partial charge in [0, 0.05) is 6.20 Å². The lowest BCUT2D eigenvalue weighted by Gasteiger charge is -2.13. The lowest BCUT2D eigenvalue weighted by molar-refractivity contribution is -0.112. The van der Waals surface area contributed by atoms with E-state index in [1.54, 1.807) is 41.7 Å². The van der Waals surface area contributed by atoms with Crippen molar-refractivity contribution in [3.05, 3.63) is 82.1 Å². The van der Waals surface area contributed by atoms with Crippen LogP contribution in [0.2, 0.25) is 10.0 Å². The lowest BCUT2D eigenvalue weighted by atomic mass is 10.2. The highest BCUT2D eigenvalue weighted by Gasteiger charge is 2.16. The number of halogens is 3. The second kappa shape index (κ2) is 9.46. The molecule has 0 aliphatic rings. The largest absolute Gasteiger partial charge is 0.364 e. The van der Waals surface area contributed by atoms with Crippen LogP contribution in [0.3, 0.4) is 0 Å². The molecule has 9 nitrogen and oxygen atoms in total. The molecule has 4 rings (SSSR count). The SMILES string of the molecule is Cc1c(F)ccc2nnc(-c3ccc(N/C(=C/Nc4c(Cl)cccc4Cl)C(=N)C(N)=O)cn3)n12. The molecule has 0 aliphatic carbocycles. The number of benzene rings is 1. The molecular formula is C22H17Cl2FN8O. The van der Waals surface area contributed by atoms with Crippen LogP contribution in [0.5, 0.6) is 0 Å². The Morgan fingerprint density at radius 3 is 2.53 bits per heavy atom. The number of carbonyl (C=O) groups excluding carboxylic acids is 1. The number of anilines is 2. The van der Waals surface area contributed by atoms with E-state index in [1.165, 1.54) is 24.5 Å². The fourth-order valence-corrected chi connectivity index (χ4v) is 3.62. The number of carbonyl (C=O) groups is 1. The molecule has 0 aliphatic heterocycles. The van der Waals surface area contributed by atoms with Crippen molar-refractivity contribution in [3.63, 3.8) is 0 Å². The van der Waals surface area contributed by atoms with Gasteiger partial charge in [-0.2, -0.15) is 0 Å². The Hall–Kier alpha value is -4.02. The van der Waals surface area contributed by atoms with Gasteiger partial charge in [0.2, 0.25) is 0 Å². The van der Waals surface area contributed by atoms with Gasteiger partial charge in [-0.3, -0.25) is 19.6 Å². The van der Waals surface area contributed by atoms with Crippen molar-refractivity contribution in [1.82, 2.24) is 19.6 Å². The second-order valence-corrected chi connectivity index (χ2v) is 7.89. The van der Waals surface area contributed by atoms with Crippen LogP contribution < -0.4 is 16.4 Å². The van der Waals surface area contributed by atoms with Gasteiger partial charge in [-0.1, -0.05) is 29.3 Å². The van der Waals surface area contributed by atoms with E-state index < -0.39 is 17.4 Å². The summed E-state index contributed by atoms with van der Waals surface area (Å²) in [6.45, 7) is 1.62. The van der Waals surface area contributed by atoms with Crippen LogP contribution >= 0.6 is 23.2 Å². The third kappa shape index (κ3) is 4.54. The highest BCUT2D eigenvalue weighted by molar-refractivity contribution is 6.44. The molecule has 34 heavy (non-hydrogen) atoms. The summed E-state index contributed by atoms with van der Waals surface area (Å²) in [5.74, 6) is -0.963. The number of fused-ring (bicyclic) bond motifs is 1. The van der Waals surface area contributed by atoms with E-state index in [4.69, 9.17) is 34.3 Å². The highest BCUT2D eigenvalue weighted by atomic mass is 35.5. The smallest absolute Gasteiger partial charge is 0.268 e. The molecule has 0 unspecified atom stereocenters. The van der Waals surface area contributed by atoms with Gasteiger partial charge in [0.1, 0.15) is 17.2 Å². The summed E-state index contributed by atoms with van der Waals surface area (Å²) < 4.78 is 15.6. The van der Waals surface area contributed by atoms with E-state index in [1.807, 2.05) is 0 Å². The van der Waals surface area contributed by atoms with Gasteiger partial charge in [-0.25, -0.2) is 4.39 Å². The van der Waals surface area contributed by atoms with E-state index in [9.17, 15) is 9.18 Å². The number of aromatic nitrogens is 4. The molecule has 0 spiro atoms. The summed E-state index contributed by atoms with van der Waals surface area (Å²) in [6.07, 6.45) is 2.82. The number of hydrogen-bond acceptors (Lipinski definition) is 7.